The van der Waals surface area contributed by atoms with Crippen molar-refractivity contribution >= 4 is 37.6 Å². The lowest BCUT2D eigenvalue weighted by Gasteiger charge is -2.28. The lowest BCUT2D eigenvalue weighted by molar-refractivity contribution is -0.138. The second-order valence-corrected chi connectivity index (χ2v) is 6.68. The molecule has 0 aliphatic rings. The molecule has 1 aromatic carbocycles. The number of carboxylic acids is 1. The molecule has 8 heteroatoms. The van der Waals surface area contributed by atoms with Gasteiger partial charge >= 0.3 is 5.97 Å². The predicted molar refractivity (Wildman–Crippen MR) is 74.6 cm³/mol. The monoisotopic (exact) mass is 351 g/mol. The van der Waals surface area contributed by atoms with Gasteiger partial charge in [0.15, 0.2) is 0 Å². The van der Waals surface area contributed by atoms with Crippen molar-refractivity contribution in [1.82, 2.24) is 0 Å². The number of carboxylic acid groups (broad SMARTS) is 1. The zero-order valence-corrected chi connectivity index (χ0v) is 12.6. The van der Waals surface area contributed by atoms with Gasteiger partial charge in [0.1, 0.15) is 6.04 Å². The van der Waals surface area contributed by atoms with Crippen LogP contribution in [0.25, 0.3) is 0 Å². The van der Waals surface area contributed by atoms with Crippen molar-refractivity contribution in [2.45, 2.75) is 12.5 Å². The minimum Gasteiger partial charge on any atom is -0.480 e. The summed E-state index contributed by atoms with van der Waals surface area (Å²) in [5.41, 5.74) is 0.242. The Hall–Kier alpha value is -1.12. The van der Waals surface area contributed by atoms with Crippen LogP contribution < -0.4 is 4.31 Å². The van der Waals surface area contributed by atoms with Gasteiger partial charge in [-0.15, -0.1) is 0 Å². The molecule has 2 N–H and O–H groups in total. The lowest BCUT2D eigenvalue weighted by Crippen LogP contribution is -2.45. The molecule has 0 aromatic heterocycles. The number of rotatable bonds is 6. The number of halogens is 1. The Bertz CT molecular complexity index is 543. The van der Waals surface area contributed by atoms with Crippen molar-refractivity contribution in [1.29, 1.82) is 0 Å². The molecule has 1 unspecified atom stereocenters. The van der Waals surface area contributed by atoms with Gasteiger partial charge in [0, 0.05) is 17.5 Å². The summed E-state index contributed by atoms with van der Waals surface area (Å²) in [5, 5.41) is 18.0. The zero-order chi connectivity index (χ0) is 14.6. The predicted octanol–water partition coefficient (Wildman–Crippen LogP) is 1.05. The fourth-order valence-electron chi connectivity index (χ4n) is 1.65. The average Bonchev–Trinajstić information content (AvgIpc) is 2.29. The second-order valence-electron chi connectivity index (χ2n) is 3.90. The third-order valence-corrected chi connectivity index (χ3v) is 4.12. The maximum absolute atomic E-state index is 11.8. The highest BCUT2D eigenvalue weighted by atomic mass is 79.9. The molecular formula is C11H14BrNO5S. The van der Waals surface area contributed by atoms with E-state index in [-0.39, 0.29) is 12.1 Å². The van der Waals surface area contributed by atoms with Crippen LogP contribution in [0.4, 0.5) is 5.69 Å². The maximum Gasteiger partial charge on any atom is 0.327 e. The molecule has 0 aliphatic carbocycles. The number of anilines is 1. The fourth-order valence-corrected chi connectivity index (χ4v) is 3.08. The molecule has 6 nitrogen and oxygen atoms in total. The van der Waals surface area contributed by atoms with Crippen LogP contribution in [-0.4, -0.2) is 43.5 Å². The van der Waals surface area contributed by atoms with E-state index in [0.717, 1.165) is 15.0 Å². The van der Waals surface area contributed by atoms with Gasteiger partial charge in [-0.1, -0.05) is 15.9 Å². The van der Waals surface area contributed by atoms with Crippen molar-refractivity contribution in [2.24, 2.45) is 0 Å². The molecule has 0 bridgehead atoms. The van der Waals surface area contributed by atoms with Crippen LogP contribution >= 0.6 is 15.9 Å². The van der Waals surface area contributed by atoms with E-state index in [1.54, 1.807) is 12.1 Å². The Balaban J connectivity index is 3.29. The average molecular weight is 352 g/mol. The first-order valence-electron chi connectivity index (χ1n) is 5.36. The highest BCUT2D eigenvalue weighted by Gasteiger charge is 2.32. The molecule has 0 saturated heterocycles. The molecule has 0 fully saturated rings. The van der Waals surface area contributed by atoms with E-state index >= 15 is 0 Å². The highest BCUT2D eigenvalue weighted by Crippen LogP contribution is 2.24. The molecule has 106 valence electrons. The van der Waals surface area contributed by atoms with Crippen molar-refractivity contribution in [3.8, 4) is 0 Å². The van der Waals surface area contributed by atoms with Crippen LogP contribution in [0.5, 0.6) is 0 Å². The van der Waals surface area contributed by atoms with Gasteiger partial charge in [-0.25, -0.2) is 13.2 Å². The highest BCUT2D eigenvalue weighted by molar-refractivity contribution is 9.10. The molecule has 0 aliphatic heterocycles. The summed E-state index contributed by atoms with van der Waals surface area (Å²) < 4.78 is 25.2. The first kappa shape index (κ1) is 15.9. The molecule has 0 amide bonds. The Morgan fingerprint density at radius 3 is 2.26 bits per heavy atom. The molecule has 19 heavy (non-hydrogen) atoms. The number of hydrogen-bond acceptors (Lipinski definition) is 4. The van der Waals surface area contributed by atoms with Crippen molar-refractivity contribution < 1.29 is 23.4 Å². The molecule has 1 rings (SSSR count). The normalized spacial score (nSPS) is 13.0. The van der Waals surface area contributed by atoms with Crippen molar-refractivity contribution in [3.63, 3.8) is 0 Å². The fraction of sp³-hybridized carbons (Fsp3) is 0.364. The summed E-state index contributed by atoms with van der Waals surface area (Å²) in [4.78, 5) is 11.2. The Kier molecular flexibility index (Phi) is 5.33. The Morgan fingerprint density at radius 1 is 1.37 bits per heavy atom. The molecular weight excluding hydrogens is 338 g/mol. The first-order chi connectivity index (χ1) is 8.77. The van der Waals surface area contributed by atoms with Crippen LogP contribution in [0.2, 0.25) is 0 Å². The van der Waals surface area contributed by atoms with E-state index in [2.05, 4.69) is 15.9 Å². The largest absolute Gasteiger partial charge is 0.480 e. The third kappa shape index (κ3) is 4.19. The number of aliphatic carboxylic acids is 1. The Labute approximate surface area is 119 Å². The molecule has 1 atom stereocenters. The van der Waals surface area contributed by atoms with E-state index in [1.807, 2.05) is 0 Å². The number of sulfonamides is 1. The standard InChI is InChI=1S/C11H14BrNO5S/c1-19(17,18)13(10(6-7-14)11(15)16)9-4-2-8(12)3-5-9/h2-5,10,14H,6-7H2,1H3,(H,15,16). The smallest absolute Gasteiger partial charge is 0.327 e. The maximum atomic E-state index is 11.8. The topological polar surface area (TPSA) is 94.9 Å². The molecule has 0 spiro atoms. The minimum absolute atomic E-state index is 0.182. The van der Waals surface area contributed by atoms with Gasteiger partial charge in [0.25, 0.3) is 0 Å². The summed E-state index contributed by atoms with van der Waals surface area (Å²) in [5.74, 6) is -1.30. The van der Waals surface area contributed by atoms with Gasteiger partial charge in [-0.3, -0.25) is 4.31 Å². The second kappa shape index (κ2) is 6.36. The SMILES string of the molecule is CS(=O)(=O)N(c1ccc(Br)cc1)C(CCO)C(=O)O. The molecule has 1 aromatic rings. The summed E-state index contributed by atoms with van der Waals surface area (Å²) in [7, 11) is -3.77. The number of hydrogen-bond donors (Lipinski definition) is 2. The molecule has 0 saturated carbocycles. The van der Waals surface area contributed by atoms with Crippen LogP contribution in [0.1, 0.15) is 6.42 Å². The lowest BCUT2D eigenvalue weighted by atomic mass is 10.2. The minimum atomic E-state index is -3.77. The van der Waals surface area contributed by atoms with E-state index in [1.165, 1.54) is 12.1 Å². The zero-order valence-electron chi connectivity index (χ0n) is 10.2. The molecule has 0 heterocycles. The summed E-state index contributed by atoms with van der Waals surface area (Å²) in [6, 6.07) is 4.90. The first-order valence-corrected chi connectivity index (χ1v) is 8.00. The van der Waals surface area contributed by atoms with Gasteiger partial charge < -0.3 is 10.2 Å². The van der Waals surface area contributed by atoms with E-state index in [4.69, 9.17) is 10.2 Å². The van der Waals surface area contributed by atoms with E-state index in [0.29, 0.717) is 0 Å². The van der Waals surface area contributed by atoms with Crippen LogP contribution in [-0.2, 0) is 14.8 Å². The van der Waals surface area contributed by atoms with Gasteiger partial charge in [-0.2, -0.15) is 0 Å². The number of nitrogens with zero attached hydrogens (tertiary/aromatic N) is 1. The van der Waals surface area contributed by atoms with E-state index in [9.17, 15) is 13.2 Å². The van der Waals surface area contributed by atoms with Gasteiger partial charge in [-0.05, 0) is 24.3 Å². The van der Waals surface area contributed by atoms with Crippen molar-refractivity contribution in [3.05, 3.63) is 28.7 Å². The number of aliphatic hydroxyl groups excluding tert-OH is 1. The van der Waals surface area contributed by atoms with Crippen LogP contribution in [0.3, 0.4) is 0 Å². The number of carbonyl (C=O) groups is 1. The Morgan fingerprint density at radius 2 is 1.89 bits per heavy atom. The summed E-state index contributed by atoms with van der Waals surface area (Å²) >= 11 is 3.22. The summed E-state index contributed by atoms with van der Waals surface area (Å²) in [6.45, 7) is -0.417. The number of benzene rings is 1. The quantitative estimate of drug-likeness (QED) is 0.798. The van der Waals surface area contributed by atoms with Crippen molar-refractivity contribution in [2.75, 3.05) is 17.2 Å². The molecule has 0 radical (unpaired) electrons. The van der Waals surface area contributed by atoms with Gasteiger partial charge in [0.2, 0.25) is 10.0 Å². The summed E-state index contributed by atoms with van der Waals surface area (Å²) in [6.07, 6.45) is 0.751. The van der Waals surface area contributed by atoms with E-state index < -0.39 is 28.6 Å². The number of aliphatic hydroxyl groups is 1. The third-order valence-electron chi connectivity index (χ3n) is 2.41. The van der Waals surface area contributed by atoms with Crippen LogP contribution in [0, 0.1) is 0 Å². The van der Waals surface area contributed by atoms with Gasteiger partial charge in [0.05, 0.1) is 11.9 Å². The van der Waals surface area contributed by atoms with Crippen LogP contribution in [0.15, 0.2) is 28.7 Å².